The van der Waals surface area contributed by atoms with Gasteiger partial charge in [-0.1, -0.05) is 19.8 Å². The third-order valence-corrected chi connectivity index (χ3v) is 3.67. The molecule has 2 rings (SSSR count). The van der Waals surface area contributed by atoms with Gasteiger partial charge in [-0.25, -0.2) is 4.98 Å². The van der Waals surface area contributed by atoms with E-state index in [4.69, 9.17) is 5.73 Å². The van der Waals surface area contributed by atoms with Crippen molar-refractivity contribution in [3.63, 3.8) is 0 Å². The maximum absolute atomic E-state index is 11.4. The Hall–Kier alpha value is -1.56. The van der Waals surface area contributed by atoms with Crippen molar-refractivity contribution in [2.45, 2.75) is 38.1 Å². The molecule has 1 aromatic rings. The van der Waals surface area contributed by atoms with Gasteiger partial charge < -0.3 is 21.1 Å². The van der Waals surface area contributed by atoms with E-state index < -0.39 is 5.54 Å². The summed E-state index contributed by atoms with van der Waals surface area (Å²) in [5.74, 6) is 0.906. The van der Waals surface area contributed by atoms with Crippen LogP contribution in [0.3, 0.4) is 0 Å². The number of H-pyrrole nitrogens is 1. The van der Waals surface area contributed by atoms with E-state index in [1.165, 1.54) is 12.7 Å². The Kier molecular flexibility index (Phi) is 3.56. The normalized spacial score (nSPS) is 28.0. The lowest BCUT2D eigenvalue weighted by molar-refractivity contribution is 0.149. The predicted octanol–water partition coefficient (Wildman–Crippen LogP) is 0.705. The van der Waals surface area contributed by atoms with E-state index in [1.54, 1.807) is 0 Å². The molecule has 1 aromatic heterocycles. The van der Waals surface area contributed by atoms with Gasteiger partial charge in [0.25, 0.3) is 5.56 Å². The van der Waals surface area contributed by atoms with Crippen molar-refractivity contribution >= 4 is 11.5 Å². The molecular formula is C12H20N4O2. The Bertz CT molecular complexity index is 473. The van der Waals surface area contributed by atoms with E-state index >= 15 is 0 Å². The molecule has 0 radical (unpaired) electrons. The summed E-state index contributed by atoms with van der Waals surface area (Å²) in [6, 6.07) is 0. The van der Waals surface area contributed by atoms with Crippen molar-refractivity contribution in [3.8, 4) is 0 Å². The molecule has 0 bridgehead atoms. The summed E-state index contributed by atoms with van der Waals surface area (Å²) >= 11 is 0. The average Bonchev–Trinajstić information content (AvgIpc) is 2.35. The van der Waals surface area contributed by atoms with Crippen LogP contribution in [0.15, 0.2) is 11.1 Å². The van der Waals surface area contributed by atoms with Crippen molar-refractivity contribution in [3.05, 3.63) is 16.7 Å². The minimum Gasteiger partial charge on any atom is -0.394 e. The molecule has 1 heterocycles. The molecule has 1 fully saturated rings. The molecule has 6 heteroatoms. The predicted molar refractivity (Wildman–Crippen MR) is 70.3 cm³/mol. The number of aromatic amines is 1. The van der Waals surface area contributed by atoms with Crippen molar-refractivity contribution in [1.82, 2.24) is 9.97 Å². The van der Waals surface area contributed by atoms with Gasteiger partial charge >= 0.3 is 0 Å². The van der Waals surface area contributed by atoms with Crippen LogP contribution in [-0.2, 0) is 0 Å². The zero-order chi connectivity index (χ0) is 13.2. The molecule has 0 amide bonds. The standard InChI is InChI=1S/C12H20N4O2/c1-8-3-2-4-12(5-8,6-17)16-10-9(13)11(18)15-7-14-10/h7-8,17H,2-6,13H2,1H3,(H2,14,15,16,18). The van der Waals surface area contributed by atoms with Crippen LogP contribution in [0.25, 0.3) is 0 Å². The molecule has 1 aliphatic carbocycles. The van der Waals surface area contributed by atoms with Gasteiger partial charge in [0.05, 0.1) is 18.5 Å². The van der Waals surface area contributed by atoms with Crippen LogP contribution in [0, 0.1) is 5.92 Å². The molecule has 5 N–H and O–H groups in total. The summed E-state index contributed by atoms with van der Waals surface area (Å²) in [5.41, 5.74) is 5.00. The molecule has 0 aliphatic heterocycles. The van der Waals surface area contributed by atoms with Crippen LogP contribution in [0.2, 0.25) is 0 Å². The number of nitrogens with one attached hydrogen (secondary N) is 2. The quantitative estimate of drug-likeness (QED) is 0.634. The average molecular weight is 252 g/mol. The second-order valence-electron chi connectivity index (χ2n) is 5.26. The summed E-state index contributed by atoms with van der Waals surface area (Å²) < 4.78 is 0. The number of nitrogen functional groups attached to an aromatic ring is 1. The van der Waals surface area contributed by atoms with Gasteiger partial charge in [-0.2, -0.15) is 0 Å². The highest BCUT2D eigenvalue weighted by Crippen LogP contribution is 2.34. The number of aliphatic hydroxyl groups is 1. The summed E-state index contributed by atoms with van der Waals surface area (Å²) in [4.78, 5) is 17.9. The fourth-order valence-corrected chi connectivity index (χ4v) is 2.72. The zero-order valence-electron chi connectivity index (χ0n) is 10.6. The van der Waals surface area contributed by atoms with Gasteiger partial charge in [0.2, 0.25) is 0 Å². The summed E-state index contributed by atoms with van der Waals surface area (Å²) in [6.45, 7) is 2.19. The lowest BCUT2D eigenvalue weighted by Crippen LogP contribution is -2.46. The van der Waals surface area contributed by atoms with Gasteiger partial charge in [0.15, 0.2) is 5.82 Å². The Balaban J connectivity index is 2.24. The number of anilines is 2. The van der Waals surface area contributed by atoms with Crippen LogP contribution in [0.4, 0.5) is 11.5 Å². The summed E-state index contributed by atoms with van der Waals surface area (Å²) in [7, 11) is 0. The van der Waals surface area contributed by atoms with Gasteiger partial charge in [-0.3, -0.25) is 4.79 Å². The zero-order valence-corrected chi connectivity index (χ0v) is 10.6. The van der Waals surface area contributed by atoms with Gasteiger partial charge in [0, 0.05) is 0 Å². The fraction of sp³-hybridized carbons (Fsp3) is 0.667. The number of aromatic nitrogens is 2. The molecule has 0 saturated heterocycles. The van der Waals surface area contributed by atoms with Crippen molar-refractivity contribution < 1.29 is 5.11 Å². The largest absolute Gasteiger partial charge is 0.394 e. The van der Waals surface area contributed by atoms with Crippen LogP contribution in [0.5, 0.6) is 0 Å². The van der Waals surface area contributed by atoms with Crippen molar-refractivity contribution in [2.75, 3.05) is 17.7 Å². The van der Waals surface area contributed by atoms with E-state index in [9.17, 15) is 9.90 Å². The van der Waals surface area contributed by atoms with Crippen LogP contribution < -0.4 is 16.6 Å². The molecule has 1 saturated carbocycles. The maximum Gasteiger partial charge on any atom is 0.276 e. The van der Waals surface area contributed by atoms with Crippen LogP contribution in [0.1, 0.15) is 32.6 Å². The lowest BCUT2D eigenvalue weighted by Gasteiger charge is -2.39. The molecule has 0 spiro atoms. The monoisotopic (exact) mass is 252 g/mol. The van der Waals surface area contributed by atoms with Gasteiger partial charge in [0.1, 0.15) is 5.69 Å². The van der Waals surface area contributed by atoms with Crippen molar-refractivity contribution in [2.24, 2.45) is 5.92 Å². The SMILES string of the molecule is CC1CCCC(CO)(Nc2nc[nH]c(=O)c2N)C1. The third kappa shape index (κ3) is 2.48. The number of hydrogen-bond acceptors (Lipinski definition) is 5. The van der Waals surface area contributed by atoms with Crippen LogP contribution >= 0.6 is 0 Å². The number of aliphatic hydroxyl groups excluding tert-OH is 1. The summed E-state index contributed by atoms with van der Waals surface area (Å²) in [5, 5.41) is 12.8. The van der Waals surface area contributed by atoms with E-state index in [0.29, 0.717) is 11.7 Å². The van der Waals surface area contributed by atoms with E-state index in [2.05, 4.69) is 22.2 Å². The Morgan fingerprint density at radius 3 is 3.17 bits per heavy atom. The van der Waals surface area contributed by atoms with Crippen LogP contribution in [-0.4, -0.2) is 27.2 Å². The molecule has 18 heavy (non-hydrogen) atoms. The van der Waals surface area contributed by atoms with Gasteiger partial charge in [-0.05, 0) is 18.8 Å². The number of nitrogens with zero attached hydrogens (tertiary/aromatic N) is 1. The first kappa shape index (κ1) is 12.9. The second kappa shape index (κ2) is 4.97. The summed E-state index contributed by atoms with van der Waals surface area (Å²) in [6.07, 6.45) is 5.26. The first-order chi connectivity index (χ1) is 8.56. The molecule has 6 nitrogen and oxygen atoms in total. The second-order valence-corrected chi connectivity index (χ2v) is 5.26. The van der Waals surface area contributed by atoms with E-state index in [-0.39, 0.29) is 17.9 Å². The first-order valence-corrected chi connectivity index (χ1v) is 6.28. The lowest BCUT2D eigenvalue weighted by atomic mass is 9.77. The maximum atomic E-state index is 11.4. The molecule has 1 aliphatic rings. The Morgan fingerprint density at radius 2 is 2.50 bits per heavy atom. The number of hydrogen-bond donors (Lipinski definition) is 4. The Labute approximate surface area is 106 Å². The van der Waals surface area contributed by atoms with Gasteiger partial charge in [-0.15, -0.1) is 0 Å². The fourth-order valence-electron chi connectivity index (χ4n) is 2.72. The van der Waals surface area contributed by atoms with E-state index in [1.807, 2.05) is 0 Å². The molecular weight excluding hydrogens is 232 g/mol. The first-order valence-electron chi connectivity index (χ1n) is 6.28. The highest BCUT2D eigenvalue weighted by molar-refractivity contribution is 5.60. The number of nitrogens with two attached hydrogens (primary N) is 1. The molecule has 100 valence electrons. The topological polar surface area (TPSA) is 104 Å². The Morgan fingerprint density at radius 1 is 1.72 bits per heavy atom. The number of rotatable bonds is 3. The van der Waals surface area contributed by atoms with Crippen molar-refractivity contribution in [1.29, 1.82) is 0 Å². The third-order valence-electron chi connectivity index (χ3n) is 3.67. The van der Waals surface area contributed by atoms with E-state index in [0.717, 1.165) is 19.3 Å². The highest BCUT2D eigenvalue weighted by atomic mass is 16.3. The smallest absolute Gasteiger partial charge is 0.276 e. The molecule has 2 atom stereocenters. The minimum atomic E-state index is -0.410. The highest BCUT2D eigenvalue weighted by Gasteiger charge is 2.35. The molecule has 2 unspecified atom stereocenters. The minimum absolute atomic E-state index is 0.0191. The molecule has 0 aromatic carbocycles.